The predicted molar refractivity (Wildman–Crippen MR) is 123 cm³/mol. The van der Waals surface area contributed by atoms with Gasteiger partial charge in [0.05, 0.1) is 7.11 Å². The number of nitrogens with zero attached hydrogens (tertiary/aromatic N) is 1. The summed E-state index contributed by atoms with van der Waals surface area (Å²) in [5, 5.41) is 4.40. The quantitative estimate of drug-likeness (QED) is 0.518. The molecule has 3 unspecified atom stereocenters. The van der Waals surface area contributed by atoms with Crippen LogP contribution in [0.3, 0.4) is 0 Å². The first-order valence-electron chi connectivity index (χ1n) is 11.2. The van der Waals surface area contributed by atoms with Crippen LogP contribution in [0.25, 0.3) is 22.1 Å². The summed E-state index contributed by atoms with van der Waals surface area (Å²) in [6, 6.07) is 13.8. The van der Waals surface area contributed by atoms with Crippen LogP contribution in [0.1, 0.15) is 29.9 Å². The predicted octanol–water partition coefficient (Wildman–Crippen LogP) is 3.15. The molecule has 32 heavy (non-hydrogen) atoms. The minimum atomic E-state index is -0.394. The molecule has 0 spiro atoms. The first kappa shape index (κ1) is 19.4. The van der Waals surface area contributed by atoms with E-state index in [1.165, 1.54) is 15.7 Å². The summed E-state index contributed by atoms with van der Waals surface area (Å²) < 4.78 is 12.6. The zero-order chi connectivity index (χ0) is 21.8. The van der Waals surface area contributed by atoms with Crippen LogP contribution in [0, 0.1) is 5.92 Å². The third-order valence-corrected chi connectivity index (χ3v) is 7.27. The van der Waals surface area contributed by atoms with Gasteiger partial charge in [-0.3, -0.25) is 9.36 Å². The number of H-pyrrole nitrogens is 1. The van der Waals surface area contributed by atoms with E-state index >= 15 is 0 Å². The number of furan rings is 1. The van der Waals surface area contributed by atoms with Gasteiger partial charge in [-0.1, -0.05) is 24.3 Å². The van der Waals surface area contributed by atoms with E-state index in [1.807, 2.05) is 24.3 Å². The normalized spacial score (nSPS) is 22.2. The van der Waals surface area contributed by atoms with Crippen molar-refractivity contribution >= 4 is 22.1 Å². The van der Waals surface area contributed by atoms with Gasteiger partial charge < -0.3 is 19.5 Å². The van der Waals surface area contributed by atoms with Crippen LogP contribution in [0.4, 0.5) is 0 Å². The van der Waals surface area contributed by atoms with Gasteiger partial charge in [0.2, 0.25) is 5.58 Å². The summed E-state index contributed by atoms with van der Waals surface area (Å²) in [5.74, 6) is 1.88. The molecule has 3 atom stereocenters. The molecule has 2 aromatic carbocycles. The fraction of sp³-hybridized carbons (Fsp3) is 0.360. The average molecular weight is 431 g/mol. The maximum absolute atomic E-state index is 13.1. The van der Waals surface area contributed by atoms with Crippen molar-refractivity contribution in [3.8, 4) is 5.75 Å². The number of hydrogen-bond acceptors (Lipinski definition) is 5. The zero-order valence-electron chi connectivity index (χ0n) is 17.9. The Hall–Kier alpha value is -3.32. The Morgan fingerprint density at radius 1 is 1.16 bits per heavy atom. The third-order valence-electron chi connectivity index (χ3n) is 7.27. The maximum Gasteiger partial charge on any atom is 0.329 e. The van der Waals surface area contributed by atoms with Gasteiger partial charge >= 0.3 is 5.69 Å². The highest BCUT2D eigenvalue weighted by atomic mass is 16.5. The Morgan fingerprint density at radius 3 is 2.91 bits per heavy atom. The molecule has 1 aliphatic carbocycles. The molecule has 7 nitrogen and oxygen atoms in total. The molecular formula is C25H25N3O4. The molecule has 6 rings (SSSR count). The van der Waals surface area contributed by atoms with Crippen molar-refractivity contribution in [2.75, 3.05) is 13.7 Å². The van der Waals surface area contributed by atoms with E-state index in [0.29, 0.717) is 35.9 Å². The molecule has 1 fully saturated rings. The number of benzene rings is 2. The van der Waals surface area contributed by atoms with Gasteiger partial charge in [0, 0.05) is 23.9 Å². The van der Waals surface area contributed by atoms with Crippen LogP contribution >= 0.6 is 0 Å². The van der Waals surface area contributed by atoms with E-state index < -0.39 is 5.69 Å². The number of fused-ring (bicyclic) bond motifs is 6. The van der Waals surface area contributed by atoms with Gasteiger partial charge in [-0.2, -0.15) is 0 Å². The smallest absolute Gasteiger partial charge is 0.329 e. The molecule has 7 heteroatoms. The molecule has 0 amide bonds. The first-order chi connectivity index (χ1) is 15.7. The molecule has 4 aromatic rings. The molecule has 2 aliphatic rings. The second-order valence-corrected chi connectivity index (χ2v) is 8.85. The third kappa shape index (κ3) is 2.84. The highest BCUT2D eigenvalue weighted by molar-refractivity contribution is 6.01. The highest BCUT2D eigenvalue weighted by Gasteiger charge is 2.40. The Bertz CT molecular complexity index is 1450. The molecular weight excluding hydrogens is 406 g/mol. The van der Waals surface area contributed by atoms with Crippen molar-refractivity contribution in [2.45, 2.75) is 37.8 Å². The standard InChI is InChI=1S/C25H25N3O4/c1-31-19-8-4-6-16-15(19)10-9-14-13-26-18(21(14)16)11-12-28-24(29)23-22(27-25(28)30)17-5-2-3-7-20(17)32-23/h2-8,14,18,21,26H,9-13H2,1H3,(H,27,30). The van der Waals surface area contributed by atoms with Gasteiger partial charge in [0.15, 0.2) is 0 Å². The van der Waals surface area contributed by atoms with Crippen LogP contribution < -0.4 is 21.3 Å². The minimum absolute atomic E-state index is 0.198. The summed E-state index contributed by atoms with van der Waals surface area (Å²) in [7, 11) is 1.72. The molecule has 0 radical (unpaired) electrons. The van der Waals surface area contributed by atoms with Crippen molar-refractivity contribution in [3.63, 3.8) is 0 Å². The Morgan fingerprint density at radius 2 is 2.03 bits per heavy atom. The number of aromatic nitrogens is 2. The second-order valence-electron chi connectivity index (χ2n) is 8.85. The lowest BCUT2D eigenvalue weighted by atomic mass is 9.73. The monoisotopic (exact) mass is 431 g/mol. The fourth-order valence-corrected chi connectivity index (χ4v) is 5.78. The molecule has 2 aromatic heterocycles. The van der Waals surface area contributed by atoms with Crippen LogP contribution in [0.5, 0.6) is 5.75 Å². The molecule has 1 saturated heterocycles. The van der Waals surface area contributed by atoms with Crippen LogP contribution in [0.15, 0.2) is 56.5 Å². The van der Waals surface area contributed by atoms with Gasteiger partial charge in [-0.25, -0.2) is 4.79 Å². The summed E-state index contributed by atoms with van der Waals surface area (Å²) in [6.45, 7) is 1.29. The number of para-hydroxylation sites is 1. The molecule has 1 aliphatic heterocycles. The van der Waals surface area contributed by atoms with E-state index in [4.69, 9.17) is 9.15 Å². The van der Waals surface area contributed by atoms with Gasteiger partial charge in [-0.15, -0.1) is 0 Å². The first-order valence-corrected chi connectivity index (χ1v) is 11.2. The van der Waals surface area contributed by atoms with Crippen molar-refractivity contribution in [1.82, 2.24) is 14.9 Å². The fourth-order valence-electron chi connectivity index (χ4n) is 5.78. The highest BCUT2D eigenvalue weighted by Crippen LogP contribution is 2.45. The van der Waals surface area contributed by atoms with Crippen LogP contribution in [-0.4, -0.2) is 29.2 Å². The number of aromatic amines is 1. The van der Waals surface area contributed by atoms with E-state index in [1.54, 1.807) is 13.2 Å². The molecule has 0 bridgehead atoms. The molecule has 2 N–H and O–H groups in total. The number of rotatable bonds is 4. The van der Waals surface area contributed by atoms with Crippen molar-refractivity contribution in [3.05, 3.63) is 74.4 Å². The largest absolute Gasteiger partial charge is 0.496 e. The van der Waals surface area contributed by atoms with Crippen molar-refractivity contribution in [2.24, 2.45) is 5.92 Å². The summed E-state index contributed by atoms with van der Waals surface area (Å²) in [6.07, 6.45) is 2.83. The molecule has 3 heterocycles. The van der Waals surface area contributed by atoms with Crippen LogP contribution in [-0.2, 0) is 13.0 Å². The summed E-state index contributed by atoms with van der Waals surface area (Å²) >= 11 is 0. The van der Waals surface area contributed by atoms with Gasteiger partial charge in [-0.05, 0) is 61.1 Å². The summed E-state index contributed by atoms with van der Waals surface area (Å²) in [4.78, 5) is 28.8. The number of ether oxygens (including phenoxy) is 1. The van der Waals surface area contributed by atoms with Crippen molar-refractivity contribution in [1.29, 1.82) is 0 Å². The number of hydrogen-bond donors (Lipinski definition) is 2. The number of methoxy groups -OCH3 is 1. The van der Waals surface area contributed by atoms with E-state index in [9.17, 15) is 9.59 Å². The van der Waals surface area contributed by atoms with E-state index in [-0.39, 0.29) is 17.2 Å². The SMILES string of the molecule is COc1cccc2c1CCC1CNC(CCn3c(=O)[nH]c4c(oc5ccccc54)c3=O)C21. The van der Waals surface area contributed by atoms with E-state index in [0.717, 1.165) is 30.5 Å². The van der Waals surface area contributed by atoms with Crippen molar-refractivity contribution < 1.29 is 9.15 Å². The lowest BCUT2D eigenvalue weighted by molar-refractivity contribution is 0.370. The average Bonchev–Trinajstić information content (AvgIpc) is 3.40. The summed E-state index contributed by atoms with van der Waals surface area (Å²) in [5.41, 5.74) is 3.14. The molecule has 164 valence electrons. The minimum Gasteiger partial charge on any atom is -0.496 e. The van der Waals surface area contributed by atoms with Crippen LogP contribution in [0.2, 0.25) is 0 Å². The second kappa shape index (κ2) is 7.38. The Labute approximate surface area is 184 Å². The molecule has 0 saturated carbocycles. The van der Waals surface area contributed by atoms with Gasteiger partial charge in [0.25, 0.3) is 5.56 Å². The lowest BCUT2D eigenvalue weighted by Gasteiger charge is -2.32. The Balaban J connectivity index is 1.33. The van der Waals surface area contributed by atoms with E-state index in [2.05, 4.69) is 22.4 Å². The van der Waals surface area contributed by atoms with Gasteiger partial charge in [0.1, 0.15) is 16.8 Å². The lowest BCUT2D eigenvalue weighted by Crippen LogP contribution is -2.37. The Kier molecular flexibility index (Phi) is 4.47. The zero-order valence-corrected chi connectivity index (χ0v) is 17.9. The maximum atomic E-state index is 13.1. The topological polar surface area (TPSA) is 89.3 Å². The number of nitrogens with one attached hydrogen (secondary N) is 2.